The third kappa shape index (κ3) is 3.86. The topological polar surface area (TPSA) is 70.2 Å². The van der Waals surface area contributed by atoms with E-state index in [1.54, 1.807) is 26.1 Å². The van der Waals surface area contributed by atoms with Crippen LogP contribution >= 0.6 is 0 Å². The summed E-state index contributed by atoms with van der Waals surface area (Å²) in [6.07, 6.45) is 5.13. The summed E-state index contributed by atoms with van der Waals surface area (Å²) >= 11 is 0. The van der Waals surface area contributed by atoms with Gasteiger partial charge in [-0.05, 0) is 50.3 Å². The molecule has 7 heteroatoms. The lowest BCUT2D eigenvalue weighted by Gasteiger charge is -2.31. The maximum Gasteiger partial charge on any atom is 0.249 e. The van der Waals surface area contributed by atoms with Gasteiger partial charge in [-0.25, -0.2) is 8.78 Å². The van der Waals surface area contributed by atoms with Crippen molar-refractivity contribution in [1.29, 1.82) is 0 Å². The van der Waals surface area contributed by atoms with Crippen LogP contribution in [0.5, 0.6) is 0 Å². The van der Waals surface area contributed by atoms with Crippen LogP contribution in [0.25, 0.3) is 0 Å². The molecule has 1 aliphatic carbocycles. The summed E-state index contributed by atoms with van der Waals surface area (Å²) < 4.78 is 27.0. The summed E-state index contributed by atoms with van der Waals surface area (Å²) in [5, 5.41) is 8.56. The first kappa shape index (κ1) is 19.1. The molecule has 0 spiro atoms. The molecule has 0 aromatic rings. The van der Waals surface area contributed by atoms with Crippen LogP contribution in [0.15, 0.2) is 58.2 Å². The number of carbonyl (C=O) groups is 2. The summed E-state index contributed by atoms with van der Waals surface area (Å²) in [6, 6.07) is 0.0753. The highest BCUT2D eigenvalue weighted by Gasteiger charge is 2.32. The molecule has 2 atom stereocenters. The molecule has 142 valence electrons. The van der Waals surface area contributed by atoms with E-state index in [1.807, 2.05) is 6.92 Å². The highest BCUT2D eigenvalue weighted by Crippen LogP contribution is 2.33. The Hall–Kier alpha value is -2.70. The summed E-state index contributed by atoms with van der Waals surface area (Å²) in [7, 11) is 0. The molecule has 0 fully saturated rings. The zero-order chi connectivity index (χ0) is 19.7. The van der Waals surface area contributed by atoms with Gasteiger partial charge in [0.25, 0.3) is 0 Å². The molecular formula is C20H21F2N3O2. The van der Waals surface area contributed by atoms with E-state index in [1.165, 1.54) is 6.08 Å². The maximum atomic E-state index is 14.0. The summed E-state index contributed by atoms with van der Waals surface area (Å²) in [5.74, 6) is -1.38. The molecule has 0 aromatic carbocycles. The molecule has 2 radical (unpaired) electrons. The highest BCUT2D eigenvalue weighted by atomic mass is 19.1. The van der Waals surface area contributed by atoms with Gasteiger partial charge in [-0.2, -0.15) is 0 Å². The zero-order valence-corrected chi connectivity index (χ0v) is 15.3. The first-order chi connectivity index (χ1) is 12.8. The van der Waals surface area contributed by atoms with Crippen molar-refractivity contribution < 1.29 is 18.4 Å². The van der Waals surface area contributed by atoms with Crippen molar-refractivity contribution in [3.8, 4) is 0 Å². The van der Waals surface area contributed by atoms with Crippen molar-refractivity contribution in [1.82, 2.24) is 16.0 Å². The molecule has 27 heavy (non-hydrogen) atoms. The molecule has 0 saturated heterocycles. The average molecular weight is 373 g/mol. The number of allylic oxidation sites excluding steroid dienone is 4. The van der Waals surface area contributed by atoms with E-state index in [0.29, 0.717) is 11.6 Å². The molecule has 2 heterocycles. The Bertz CT molecular complexity index is 836. The van der Waals surface area contributed by atoms with Crippen LogP contribution in [-0.4, -0.2) is 24.0 Å². The second kappa shape index (κ2) is 7.50. The molecule has 3 rings (SSSR count). The molecule has 3 N–H and O–H groups in total. The third-order valence-corrected chi connectivity index (χ3v) is 4.82. The van der Waals surface area contributed by atoms with Crippen molar-refractivity contribution in [3.63, 3.8) is 0 Å². The fraction of sp³-hybridized carbons (Fsp3) is 0.300. The predicted molar refractivity (Wildman–Crippen MR) is 97.8 cm³/mol. The Morgan fingerprint density at radius 3 is 2.78 bits per heavy atom. The number of carbonyl (C=O) groups excluding carboxylic acids is 2. The van der Waals surface area contributed by atoms with Crippen molar-refractivity contribution in [2.45, 2.75) is 39.4 Å². The Kier molecular flexibility index (Phi) is 5.30. The molecule has 2 aliphatic heterocycles. The molecule has 1 unspecified atom stereocenters. The summed E-state index contributed by atoms with van der Waals surface area (Å²) in [4.78, 5) is 24.8. The molecule has 0 bridgehead atoms. The Morgan fingerprint density at radius 1 is 1.33 bits per heavy atom. The number of dihydropyridines is 1. The minimum Gasteiger partial charge on any atom is -0.365 e. The van der Waals surface area contributed by atoms with Gasteiger partial charge >= 0.3 is 0 Å². The largest absolute Gasteiger partial charge is 0.365 e. The molecule has 2 amide bonds. The van der Waals surface area contributed by atoms with Crippen LogP contribution in [0, 0.1) is 12.5 Å². The van der Waals surface area contributed by atoms with Crippen LogP contribution in [0.2, 0.25) is 0 Å². The van der Waals surface area contributed by atoms with E-state index in [4.69, 9.17) is 0 Å². The maximum absolute atomic E-state index is 14.0. The first-order valence-corrected chi connectivity index (χ1v) is 8.66. The van der Waals surface area contributed by atoms with Crippen LogP contribution in [0.1, 0.15) is 27.2 Å². The van der Waals surface area contributed by atoms with Crippen molar-refractivity contribution in [2.24, 2.45) is 0 Å². The number of alkyl halides is 1. The highest BCUT2D eigenvalue weighted by molar-refractivity contribution is 6.03. The van der Waals surface area contributed by atoms with Crippen LogP contribution in [0.4, 0.5) is 8.78 Å². The lowest BCUT2D eigenvalue weighted by atomic mass is 9.86. The molecular weight excluding hydrogens is 352 g/mol. The predicted octanol–water partition coefficient (Wildman–Crippen LogP) is 2.59. The van der Waals surface area contributed by atoms with Gasteiger partial charge in [-0.1, -0.05) is 6.08 Å². The second-order valence-corrected chi connectivity index (χ2v) is 6.70. The van der Waals surface area contributed by atoms with Gasteiger partial charge in [0, 0.05) is 16.8 Å². The van der Waals surface area contributed by atoms with E-state index in [9.17, 15) is 18.4 Å². The number of nitrogens with one attached hydrogen (secondary N) is 3. The van der Waals surface area contributed by atoms with Crippen molar-refractivity contribution in [2.75, 3.05) is 0 Å². The minimum absolute atomic E-state index is 0.131. The van der Waals surface area contributed by atoms with E-state index >= 15 is 0 Å². The number of halogens is 2. The van der Waals surface area contributed by atoms with E-state index in [-0.39, 0.29) is 17.9 Å². The van der Waals surface area contributed by atoms with Gasteiger partial charge in [0.1, 0.15) is 18.0 Å². The number of amides is 2. The molecule has 0 saturated carbocycles. The SMILES string of the molecule is CC1=C2[C](C=CN1)NC(=O)C(CC(=O)N[C@H](C)C1=CC=C(F)[CH]C1F)=C2C. The monoisotopic (exact) mass is 373 g/mol. The lowest BCUT2D eigenvalue weighted by molar-refractivity contribution is -0.123. The molecule has 0 aromatic heterocycles. The first-order valence-electron chi connectivity index (χ1n) is 8.66. The summed E-state index contributed by atoms with van der Waals surface area (Å²) in [6.45, 7) is 5.31. The molecule has 5 nitrogen and oxygen atoms in total. The molecule has 3 aliphatic rings. The Labute approximate surface area is 157 Å². The van der Waals surface area contributed by atoms with Gasteiger partial charge in [-0.3, -0.25) is 9.59 Å². The number of hydrogen-bond donors (Lipinski definition) is 3. The van der Waals surface area contributed by atoms with Gasteiger partial charge in [0.05, 0.1) is 18.9 Å². The van der Waals surface area contributed by atoms with Crippen molar-refractivity contribution in [3.05, 3.63) is 70.7 Å². The van der Waals surface area contributed by atoms with Gasteiger partial charge in [0.2, 0.25) is 11.8 Å². The average Bonchev–Trinajstić information content (AvgIpc) is 2.58. The van der Waals surface area contributed by atoms with E-state index in [0.717, 1.165) is 29.3 Å². The van der Waals surface area contributed by atoms with E-state index < -0.39 is 23.9 Å². The van der Waals surface area contributed by atoms with Crippen LogP contribution in [-0.2, 0) is 9.59 Å². The quantitative estimate of drug-likeness (QED) is 0.709. The van der Waals surface area contributed by atoms with Gasteiger partial charge < -0.3 is 16.0 Å². The number of hydrogen-bond acceptors (Lipinski definition) is 3. The standard InChI is InChI=1S/C20H21F2N3O2/c1-10-15(20(27)25-17-6-7-23-12(3)19(10)17)9-18(26)24-11(2)14-5-4-13(21)8-16(14)22/h4-8,11,16,23H,9H2,1-3H3,(H,24,26)(H,25,27)/t11-,16?/m1/s1. The Balaban J connectivity index is 1.74. The Morgan fingerprint density at radius 2 is 2.07 bits per heavy atom. The fourth-order valence-electron chi connectivity index (χ4n) is 3.41. The smallest absolute Gasteiger partial charge is 0.249 e. The van der Waals surface area contributed by atoms with Gasteiger partial charge in [0.15, 0.2) is 0 Å². The van der Waals surface area contributed by atoms with Crippen LogP contribution in [0.3, 0.4) is 0 Å². The zero-order valence-electron chi connectivity index (χ0n) is 15.3. The van der Waals surface area contributed by atoms with Gasteiger partial charge in [-0.15, -0.1) is 0 Å². The third-order valence-electron chi connectivity index (χ3n) is 4.82. The normalized spacial score (nSPS) is 23.9. The van der Waals surface area contributed by atoms with Crippen LogP contribution < -0.4 is 16.0 Å². The van der Waals surface area contributed by atoms with E-state index in [2.05, 4.69) is 16.0 Å². The number of fused-ring (bicyclic) bond motifs is 1. The lowest BCUT2D eigenvalue weighted by Crippen LogP contribution is -2.41. The minimum atomic E-state index is -1.59. The summed E-state index contributed by atoms with van der Waals surface area (Å²) in [5.41, 5.74) is 3.10. The second-order valence-electron chi connectivity index (χ2n) is 6.70. The number of rotatable bonds is 4. The fourth-order valence-corrected chi connectivity index (χ4v) is 3.41. The van der Waals surface area contributed by atoms with Crippen molar-refractivity contribution >= 4 is 11.8 Å².